The van der Waals surface area contributed by atoms with Crippen LogP contribution in [0, 0.1) is 5.92 Å². The van der Waals surface area contributed by atoms with E-state index < -0.39 is 18.0 Å². The quantitative estimate of drug-likeness (QED) is 0.718. The Kier molecular flexibility index (Phi) is 5.06. The van der Waals surface area contributed by atoms with E-state index in [9.17, 15) is 14.7 Å². The van der Waals surface area contributed by atoms with E-state index in [-0.39, 0.29) is 17.6 Å². The molecule has 3 atom stereocenters. The molecule has 1 aromatic rings. The van der Waals surface area contributed by atoms with E-state index in [0.717, 1.165) is 19.3 Å². The zero-order valence-corrected chi connectivity index (χ0v) is 15.2. The van der Waals surface area contributed by atoms with Crippen molar-refractivity contribution in [1.82, 2.24) is 10.6 Å². The van der Waals surface area contributed by atoms with Crippen molar-refractivity contribution in [3.63, 3.8) is 0 Å². The largest absolute Gasteiger partial charge is 0.504 e. The Labute approximate surface area is 152 Å². The highest BCUT2D eigenvalue weighted by atomic mass is 16.5. The highest BCUT2D eigenvalue weighted by Gasteiger charge is 2.35. The molecule has 0 saturated heterocycles. The first-order valence-electron chi connectivity index (χ1n) is 8.77. The summed E-state index contributed by atoms with van der Waals surface area (Å²) in [7, 11) is 1.44. The van der Waals surface area contributed by atoms with Gasteiger partial charge in [-0.3, -0.25) is 0 Å². The van der Waals surface area contributed by atoms with E-state index >= 15 is 0 Å². The van der Waals surface area contributed by atoms with Gasteiger partial charge in [-0.2, -0.15) is 0 Å². The van der Waals surface area contributed by atoms with Gasteiger partial charge in [0.1, 0.15) is 6.10 Å². The fourth-order valence-electron chi connectivity index (χ4n) is 3.58. The smallest absolute Gasteiger partial charge is 0.338 e. The van der Waals surface area contributed by atoms with Crippen molar-refractivity contribution in [2.75, 3.05) is 7.11 Å². The lowest BCUT2D eigenvalue weighted by atomic mass is 9.95. The number of carbonyl (C=O) groups excluding carboxylic acids is 2. The lowest BCUT2D eigenvalue weighted by molar-refractivity contribution is -0.146. The van der Waals surface area contributed by atoms with E-state index in [2.05, 4.69) is 17.6 Å². The first kappa shape index (κ1) is 18.1. The standard InChI is InChI=1S/C19H24N2O5/c1-10-5-4-6-14(10)26-18(23)16-11(2)20-19(24)21-17(16)12-7-8-13(22)15(9-12)25-3/h7-10,14,17,22H,4-6H2,1-3H3,(H2,20,21,24)/t10-,14+,17-/m1/s1. The van der Waals surface area contributed by atoms with Gasteiger partial charge >= 0.3 is 12.0 Å². The third-order valence-corrected chi connectivity index (χ3v) is 5.07. The van der Waals surface area contributed by atoms with Gasteiger partial charge in [-0.25, -0.2) is 9.59 Å². The summed E-state index contributed by atoms with van der Waals surface area (Å²) in [5.41, 5.74) is 1.44. The van der Waals surface area contributed by atoms with Crippen LogP contribution in [0.2, 0.25) is 0 Å². The zero-order valence-electron chi connectivity index (χ0n) is 15.2. The summed E-state index contributed by atoms with van der Waals surface area (Å²) in [6.45, 7) is 3.76. The van der Waals surface area contributed by atoms with Crippen LogP contribution in [0.15, 0.2) is 29.5 Å². The summed E-state index contributed by atoms with van der Waals surface area (Å²) < 4.78 is 10.9. The van der Waals surface area contributed by atoms with Crippen LogP contribution < -0.4 is 15.4 Å². The molecule has 7 nitrogen and oxygen atoms in total. The lowest BCUT2D eigenvalue weighted by Crippen LogP contribution is -2.45. The number of allylic oxidation sites excluding steroid dienone is 1. The molecule has 1 aromatic carbocycles. The number of phenolic OH excluding ortho intramolecular Hbond substituents is 1. The molecular formula is C19H24N2O5. The third-order valence-electron chi connectivity index (χ3n) is 5.07. The second-order valence-corrected chi connectivity index (χ2v) is 6.85. The average Bonchev–Trinajstić information content (AvgIpc) is 2.99. The Morgan fingerprint density at radius 2 is 2.08 bits per heavy atom. The molecule has 140 valence electrons. The topological polar surface area (TPSA) is 96.9 Å². The summed E-state index contributed by atoms with van der Waals surface area (Å²) in [6.07, 6.45) is 2.85. The van der Waals surface area contributed by atoms with Gasteiger partial charge < -0.3 is 25.2 Å². The molecule has 0 spiro atoms. The maximum Gasteiger partial charge on any atom is 0.338 e. The fourth-order valence-corrected chi connectivity index (χ4v) is 3.58. The van der Waals surface area contributed by atoms with Crippen LogP contribution in [0.1, 0.15) is 44.7 Å². The number of hydrogen-bond donors (Lipinski definition) is 3. The minimum absolute atomic E-state index is 0.0129. The number of nitrogens with one attached hydrogen (secondary N) is 2. The third kappa shape index (κ3) is 3.47. The molecule has 7 heteroatoms. The summed E-state index contributed by atoms with van der Waals surface area (Å²) in [6, 6.07) is 3.64. The number of aromatic hydroxyl groups is 1. The molecular weight excluding hydrogens is 336 g/mol. The number of methoxy groups -OCH3 is 1. The van der Waals surface area contributed by atoms with Gasteiger partial charge in [-0.15, -0.1) is 0 Å². The maximum absolute atomic E-state index is 12.9. The van der Waals surface area contributed by atoms with Gasteiger partial charge in [-0.05, 0) is 49.8 Å². The molecule has 1 heterocycles. The molecule has 2 aliphatic rings. The van der Waals surface area contributed by atoms with Crippen LogP contribution >= 0.6 is 0 Å². The van der Waals surface area contributed by atoms with Crippen molar-refractivity contribution in [2.45, 2.75) is 45.3 Å². The maximum atomic E-state index is 12.9. The number of hydrogen-bond acceptors (Lipinski definition) is 5. The first-order chi connectivity index (χ1) is 12.4. The molecule has 0 aromatic heterocycles. The summed E-state index contributed by atoms with van der Waals surface area (Å²) in [4.78, 5) is 24.8. The predicted octanol–water partition coefficient (Wildman–Crippen LogP) is 2.76. The van der Waals surface area contributed by atoms with Gasteiger partial charge in [-0.1, -0.05) is 13.0 Å². The summed E-state index contributed by atoms with van der Waals surface area (Å²) >= 11 is 0. The SMILES string of the molecule is COc1cc([C@H]2NC(=O)NC(C)=C2C(=O)O[C@H]2CCC[C@H]2C)ccc1O. The zero-order chi connectivity index (χ0) is 18.8. The summed E-state index contributed by atoms with van der Waals surface area (Å²) in [5, 5.41) is 15.2. The predicted molar refractivity (Wildman–Crippen MR) is 94.7 cm³/mol. The monoisotopic (exact) mass is 360 g/mol. The van der Waals surface area contributed by atoms with E-state index in [0.29, 0.717) is 22.8 Å². The van der Waals surface area contributed by atoms with Crippen molar-refractivity contribution in [3.05, 3.63) is 35.0 Å². The first-order valence-corrected chi connectivity index (χ1v) is 8.77. The molecule has 2 amide bonds. The molecule has 0 radical (unpaired) electrons. The number of carbonyl (C=O) groups is 2. The molecule has 1 saturated carbocycles. The Bertz CT molecular complexity index is 758. The van der Waals surface area contributed by atoms with E-state index in [4.69, 9.17) is 9.47 Å². The van der Waals surface area contributed by atoms with Gasteiger partial charge in [0.2, 0.25) is 0 Å². The van der Waals surface area contributed by atoms with Crippen LogP contribution in [0.5, 0.6) is 11.5 Å². The van der Waals surface area contributed by atoms with Gasteiger partial charge in [0.15, 0.2) is 11.5 Å². The second kappa shape index (κ2) is 7.27. The molecule has 1 fully saturated rings. The van der Waals surface area contributed by atoms with Crippen LogP contribution in [-0.2, 0) is 9.53 Å². The fraction of sp³-hybridized carbons (Fsp3) is 0.474. The van der Waals surface area contributed by atoms with Crippen LogP contribution in [0.25, 0.3) is 0 Å². The Morgan fingerprint density at radius 3 is 2.73 bits per heavy atom. The number of benzene rings is 1. The van der Waals surface area contributed by atoms with E-state index in [1.165, 1.54) is 13.2 Å². The number of urea groups is 1. The van der Waals surface area contributed by atoms with Crippen LogP contribution in [0.4, 0.5) is 4.79 Å². The molecule has 1 aliphatic carbocycles. The molecule has 3 rings (SSSR count). The summed E-state index contributed by atoms with van der Waals surface area (Å²) in [5.74, 6) is 0.148. The Hall–Kier alpha value is -2.70. The molecule has 0 unspecified atom stereocenters. The molecule has 1 aliphatic heterocycles. The number of amides is 2. The van der Waals surface area contributed by atoms with Gasteiger partial charge in [0.05, 0.1) is 18.7 Å². The lowest BCUT2D eigenvalue weighted by Gasteiger charge is -2.29. The number of phenols is 1. The minimum atomic E-state index is -0.678. The Morgan fingerprint density at radius 1 is 1.31 bits per heavy atom. The van der Waals surface area contributed by atoms with E-state index in [1.54, 1.807) is 19.1 Å². The van der Waals surface area contributed by atoms with Crippen molar-refractivity contribution < 1.29 is 24.2 Å². The molecule has 0 bridgehead atoms. The Balaban J connectivity index is 1.92. The van der Waals surface area contributed by atoms with Crippen molar-refractivity contribution in [3.8, 4) is 11.5 Å². The number of rotatable bonds is 4. The normalized spacial score (nSPS) is 25.5. The minimum Gasteiger partial charge on any atom is -0.504 e. The van der Waals surface area contributed by atoms with E-state index in [1.807, 2.05) is 0 Å². The highest BCUT2D eigenvalue weighted by Crippen LogP contribution is 2.35. The average molecular weight is 360 g/mol. The van der Waals surface area contributed by atoms with Gasteiger partial charge in [0, 0.05) is 5.70 Å². The number of esters is 1. The second-order valence-electron chi connectivity index (χ2n) is 6.85. The molecule has 26 heavy (non-hydrogen) atoms. The van der Waals surface area contributed by atoms with Gasteiger partial charge in [0.25, 0.3) is 0 Å². The van der Waals surface area contributed by atoms with Crippen molar-refractivity contribution in [2.24, 2.45) is 5.92 Å². The highest BCUT2D eigenvalue weighted by molar-refractivity contribution is 5.95. The van der Waals surface area contributed by atoms with Crippen molar-refractivity contribution in [1.29, 1.82) is 0 Å². The molecule has 3 N–H and O–H groups in total. The van der Waals surface area contributed by atoms with Crippen LogP contribution in [-0.4, -0.2) is 30.3 Å². The van der Waals surface area contributed by atoms with Crippen LogP contribution in [0.3, 0.4) is 0 Å². The van der Waals surface area contributed by atoms with Crippen molar-refractivity contribution >= 4 is 12.0 Å². The number of ether oxygens (including phenoxy) is 2.